The second-order valence-electron chi connectivity index (χ2n) is 5.77. The molecule has 140 valence electrons. The molecule has 0 spiro atoms. The average molecular weight is 378 g/mol. The summed E-state index contributed by atoms with van der Waals surface area (Å²) < 4.78 is 43.7. The van der Waals surface area contributed by atoms with E-state index in [1.165, 1.54) is 20.3 Å². The Bertz CT molecular complexity index is 846. The van der Waals surface area contributed by atoms with Gasteiger partial charge in [-0.05, 0) is 36.4 Å². The second kappa shape index (κ2) is 7.84. The van der Waals surface area contributed by atoms with Crippen LogP contribution >= 0.6 is 0 Å². The SMILES string of the molecule is COc1ccc(OC)c(S(=O)(=O)Nc2ccc(N3CCOCC3)cc2)c1. The molecule has 1 aliphatic rings. The summed E-state index contributed by atoms with van der Waals surface area (Å²) in [6, 6.07) is 11.9. The Morgan fingerprint density at radius 1 is 1.00 bits per heavy atom. The number of hydrogen-bond acceptors (Lipinski definition) is 6. The van der Waals surface area contributed by atoms with Crippen molar-refractivity contribution in [2.75, 3.05) is 50.1 Å². The zero-order valence-electron chi connectivity index (χ0n) is 14.8. The topological polar surface area (TPSA) is 77.1 Å². The highest BCUT2D eigenvalue weighted by Crippen LogP contribution is 2.30. The molecule has 3 rings (SSSR count). The molecular formula is C18H22N2O5S. The average Bonchev–Trinajstić information content (AvgIpc) is 2.68. The molecule has 1 fully saturated rings. The maximum absolute atomic E-state index is 12.8. The second-order valence-corrected chi connectivity index (χ2v) is 7.42. The number of morpholine rings is 1. The number of methoxy groups -OCH3 is 2. The molecule has 0 bridgehead atoms. The first kappa shape index (κ1) is 18.3. The van der Waals surface area contributed by atoms with Gasteiger partial charge < -0.3 is 19.1 Å². The Balaban J connectivity index is 1.81. The fraction of sp³-hybridized carbons (Fsp3) is 0.333. The molecule has 26 heavy (non-hydrogen) atoms. The molecule has 0 atom stereocenters. The first-order valence-electron chi connectivity index (χ1n) is 8.21. The first-order chi connectivity index (χ1) is 12.5. The largest absolute Gasteiger partial charge is 0.497 e. The highest BCUT2D eigenvalue weighted by Gasteiger charge is 2.21. The normalized spacial score (nSPS) is 14.8. The van der Waals surface area contributed by atoms with E-state index in [2.05, 4.69) is 9.62 Å². The summed E-state index contributed by atoms with van der Waals surface area (Å²) in [6.07, 6.45) is 0. The van der Waals surface area contributed by atoms with Crippen molar-refractivity contribution >= 4 is 21.4 Å². The van der Waals surface area contributed by atoms with Gasteiger partial charge in [-0.25, -0.2) is 8.42 Å². The summed E-state index contributed by atoms with van der Waals surface area (Å²) in [4.78, 5) is 2.23. The number of hydrogen-bond donors (Lipinski definition) is 1. The van der Waals surface area contributed by atoms with Gasteiger partial charge in [0.2, 0.25) is 0 Å². The molecular weight excluding hydrogens is 356 g/mol. The molecule has 7 nitrogen and oxygen atoms in total. The number of nitrogens with one attached hydrogen (secondary N) is 1. The Kier molecular flexibility index (Phi) is 5.53. The molecule has 0 saturated carbocycles. The van der Waals surface area contributed by atoms with E-state index in [9.17, 15) is 8.42 Å². The third kappa shape index (κ3) is 4.03. The minimum atomic E-state index is -3.81. The molecule has 8 heteroatoms. The van der Waals surface area contributed by atoms with Gasteiger partial charge in [-0.15, -0.1) is 0 Å². The van der Waals surface area contributed by atoms with Crippen LogP contribution in [0.4, 0.5) is 11.4 Å². The number of ether oxygens (including phenoxy) is 3. The predicted molar refractivity (Wildman–Crippen MR) is 99.8 cm³/mol. The Morgan fingerprint density at radius 2 is 1.69 bits per heavy atom. The zero-order valence-corrected chi connectivity index (χ0v) is 15.6. The number of nitrogens with zero attached hydrogens (tertiary/aromatic N) is 1. The third-order valence-electron chi connectivity index (χ3n) is 4.16. The fourth-order valence-corrected chi connectivity index (χ4v) is 4.01. The van der Waals surface area contributed by atoms with Crippen molar-refractivity contribution in [3.8, 4) is 11.5 Å². The Labute approximate surface area is 153 Å². The van der Waals surface area contributed by atoms with Crippen LogP contribution in [-0.2, 0) is 14.8 Å². The number of sulfonamides is 1. The standard InChI is InChI=1S/C18H22N2O5S/c1-23-16-7-8-17(24-2)18(13-16)26(21,22)19-14-3-5-15(6-4-14)20-9-11-25-12-10-20/h3-8,13,19H,9-12H2,1-2H3. The molecule has 0 aliphatic carbocycles. The summed E-state index contributed by atoms with van der Waals surface area (Å²) in [5.74, 6) is 0.692. The predicted octanol–water partition coefficient (Wildman–Crippen LogP) is 2.34. The van der Waals surface area contributed by atoms with Crippen LogP contribution in [-0.4, -0.2) is 48.9 Å². The van der Waals surface area contributed by atoms with Crippen molar-refractivity contribution in [1.82, 2.24) is 0 Å². The Hall–Kier alpha value is -2.45. The van der Waals surface area contributed by atoms with Crippen LogP contribution in [0.15, 0.2) is 47.4 Å². The van der Waals surface area contributed by atoms with Crippen LogP contribution in [0.2, 0.25) is 0 Å². The molecule has 1 N–H and O–H groups in total. The van der Waals surface area contributed by atoms with E-state index in [4.69, 9.17) is 14.2 Å². The van der Waals surface area contributed by atoms with Crippen LogP contribution in [0, 0.1) is 0 Å². The molecule has 1 heterocycles. The van der Waals surface area contributed by atoms with E-state index in [0.717, 1.165) is 18.8 Å². The molecule has 0 aromatic heterocycles. The van der Waals surface area contributed by atoms with Crippen LogP contribution in [0.1, 0.15) is 0 Å². The summed E-state index contributed by atoms with van der Waals surface area (Å²) in [6.45, 7) is 3.05. The van der Waals surface area contributed by atoms with Gasteiger partial charge in [-0.1, -0.05) is 0 Å². The highest BCUT2D eigenvalue weighted by molar-refractivity contribution is 7.92. The summed E-state index contributed by atoms with van der Waals surface area (Å²) >= 11 is 0. The van der Waals surface area contributed by atoms with Gasteiger partial charge in [0, 0.05) is 30.5 Å². The van der Waals surface area contributed by atoms with E-state index in [1.807, 2.05) is 12.1 Å². The number of benzene rings is 2. The van der Waals surface area contributed by atoms with Crippen LogP contribution in [0.25, 0.3) is 0 Å². The van der Waals surface area contributed by atoms with Crippen molar-refractivity contribution in [2.24, 2.45) is 0 Å². The molecule has 2 aromatic carbocycles. The summed E-state index contributed by atoms with van der Waals surface area (Å²) in [5.41, 5.74) is 1.52. The minimum absolute atomic E-state index is 0.0246. The fourth-order valence-electron chi connectivity index (χ4n) is 2.77. The molecule has 1 saturated heterocycles. The van der Waals surface area contributed by atoms with Gasteiger partial charge in [0.15, 0.2) is 0 Å². The van der Waals surface area contributed by atoms with Gasteiger partial charge in [-0.2, -0.15) is 0 Å². The summed E-state index contributed by atoms with van der Waals surface area (Å²) in [5, 5.41) is 0. The highest BCUT2D eigenvalue weighted by atomic mass is 32.2. The van der Waals surface area contributed by atoms with Crippen molar-refractivity contribution in [2.45, 2.75) is 4.90 Å². The third-order valence-corrected chi connectivity index (χ3v) is 5.56. The van der Waals surface area contributed by atoms with E-state index in [1.54, 1.807) is 24.3 Å². The van der Waals surface area contributed by atoms with Gasteiger partial charge >= 0.3 is 0 Å². The lowest BCUT2D eigenvalue weighted by atomic mass is 10.2. The van der Waals surface area contributed by atoms with Crippen molar-refractivity contribution < 1.29 is 22.6 Å². The van der Waals surface area contributed by atoms with Gasteiger partial charge in [0.05, 0.1) is 27.4 Å². The molecule has 0 unspecified atom stereocenters. The minimum Gasteiger partial charge on any atom is -0.497 e. The quantitative estimate of drug-likeness (QED) is 0.831. The van der Waals surface area contributed by atoms with Gasteiger partial charge in [-0.3, -0.25) is 4.72 Å². The van der Waals surface area contributed by atoms with E-state index in [-0.39, 0.29) is 10.6 Å². The van der Waals surface area contributed by atoms with Crippen molar-refractivity contribution in [1.29, 1.82) is 0 Å². The first-order valence-corrected chi connectivity index (χ1v) is 9.69. The lowest BCUT2D eigenvalue weighted by Gasteiger charge is -2.28. The van der Waals surface area contributed by atoms with E-state index >= 15 is 0 Å². The van der Waals surface area contributed by atoms with Crippen LogP contribution in [0.3, 0.4) is 0 Å². The maximum Gasteiger partial charge on any atom is 0.265 e. The molecule has 2 aromatic rings. The number of rotatable bonds is 6. The lowest BCUT2D eigenvalue weighted by molar-refractivity contribution is 0.122. The lowest BCUT2D eigenvalue weighted by Crippen LogP contribution is -2.36. The molecule has 0 amide bonds. The van der Waals surface area contributed by atoms with E-state index in [0.29, 0.717) is 24.7 Å². The molecule has 1 aliphatic heterocycles. The maximum atomic E-state index is 12.8. The zero-order chi connectivity index (χ0) is 18.6. The van der Waals surface area contributed by atoms with Crippen LogP contribution < -0.4 is 19.1 Å². The monoisotopic (exact) mass is 378 g/mol. The van der Waals surface area contributed by atoms with E-state index < -0.39 is 10.0 Å². The van der Waals surface area contributed by atoms with Crippen molar-refractivity contribution in [3.63, 3.8) is 0 Å². The van der Waals surface area contributed by atoms with Gasteiger partial charge in [0.1, 0.15) is 16.4 Å². The Morgan fingerprint density at radius 3 is 2.31 bits per heavy atom. The smallest absolute Gasteiger partial charge is 0.265 e. The molecule has 0 radical (unpaired) electrons. The van der Waals surface area contributed by atoms with Crippen LogP contribution in [0.5, 0.6) is 11.5 Å². The van der Waals surface area contributed by atoms with Crippen molar-refractivity contribution in [3.05, 3.63) is 42.5 Å². The number of anilines is 2. The summed E-state index contributed by atoms with van der Waals surface area (Å²) in [7, 11) is -0.904. The van der Waals surface area contributed by atoms with Gasteiger partial charge in [0.25, 0.3) is 10.0 Å².